The first-order chi connectivity index (χ1) is 7.31. The van der Waals surface area contributed by atoms with Crippen molar-refractivity contribution in [2.75, 3.05) is 18.7 Å². The van der Waals surface area contributed by atoms with Gasteiger partial charge in [0.25, 0.3) is 0 Å². The summed E-state index contributed by atoms with van der Waals surface area (Å²) in [6, 6.07) is 9.70. The number of hydroxylamine groups is 1. The summed E-state index contributed by atoms with van der Waals surface area (Å²) in [7, 11) is 1.37. The van der Waals surface area contributed by atoms with Crippen molar-refractivity contribution < 1.29 is 14.4 Å². The molecule has 2 rings (SSSR count). The molecule has 0 N–H and O–H groups in total. The van der Waals surface area contributed by atoms with E-state index in [9.17, 15) is 4.79 Å². The number of rotatable bonds is 2. The number of methoxy groups -OCH3 is 1. The van der Waals surface area contributed by atoms with E-state index in [-0.39, 0.29) is 5.97 Å². The molecule has 4 nitrogen and oxygen atoms in total. The highest BCUT2D eigenvalue weighted by molar-refractivity contribution is 5.75. The van der Waals surface area contributed by atoms with E-state index in [0.29, 0.717) is 13.0 Å². The lowest BCUT2D eigenvalue weighted by Crippen LogP contribution is -2.24. The molecule has 0 aromatic heterocycles. The molecule has 1 aromatic carbocycles. The third-order valence-electron chi connectivity index (χ3n) is 2.36. The van der Waals surface area contributed by atoms with Gasteiger partial charge in [-0.05, 0) is 12.1 Å². The molecular formula is C11H13NO3. The van der Waals surface area contributed by atoms with E-state index >= 15 is 0 Å². The zero-order chi connectivity index (χ0) is 10.7. The maximum absolute atomic E-state index is 11.2. The summed E-state index contributed by atoms with van der Waals surface area (Å²) in [5, 5.41) is 1.72. The first kappa shape index (κ1) is 9.98. The number of hydrogen-bond donors (Lipinski definition) is 0. The van der Waals surface area contributed by atoms with Crippen LogP contribution < -0.4 is 5.06 Å². The van der Waals surface area contributed by atoms with Crippen LogP contribution in [0.3, 0.4) is 0 Å². The number of ether oxygens (including phenoxy) is 1. The maximum atomic E-state index is 11.2. The van der Waals surface area contributed by atoms with Gasteiger partial charge in [-0.25, -0.2) is 4.79 Å². The van der Waals surface area contributed by atoms with E-state index in [4.69, 9.17) is 4.84 Å². The number of carbonyl (C=O) groups is 1. The molecule has 4 heteroatoms. The Morgan fingerprint density at radius 2 is 2.20 bits per heavy atom. The lowest BCUT2D eigenvalue weighted by atomic mass is 10.2. The van der Waals surface area contributed by atoms with Crippen molar-refractivity contribution in [2.24, 2.45) is 0 Å². The molecule has 80 valence electrons. The van der Waals surface area contributed by atoms with Crippen LogP contribution >= 0.6 is 0 Å². The Labute approximate surface area is 88.4 Å². The first-order valence-corrected chi connectivity index (χ1v) is 4.88. The summed E-state index contributed by atoms with van der Waals surface area (Å²) in [5.41, 5.74) is 0.962. The number of nitrogens with zero attached hydrogens (tertiary/aromatic N) is 1. The molecule has 0 radical (unpaired) electrons. The van der Waals surface area contributed by atoms with Gasteiger partial charge >= 0.3 is 5.97 Å². The van der Waals surface area contributed by atoms with E-state index in [1.165, 1.54) is 7.11 Å². The molecule has 1 atom stereocenters. The van der Waals surface area contributed by atoms with Gasteiger partial charge in [0.1, 0.15) is 0 Å². The Morgan fingerprint density at radius 3 is 2.87 bits per heavy atom. The Hall–Kier alpha value is -1.55. The summed E-state index contributed by atoms with van der Waals surface area (Å²) < 4.78 is 4.63. The first-order valence-electron chi connectivity index (χ1n) is 4.88. The van der Waals surface area contributed by atoms with Crippen LogP contribution in [-0.2, 0) is 14.4 Å². The van der Waals surface area contributed by atoms with Crippen LogP contribution in [0.5, 0.6) is 0 Å². The Kier molecular flexibility index (Phi) is 2.87. The fourth-order valence-electron chi connectivity index (χ4n) is 1.57. The second-order valence-corrected chi connectivity index (χ2v) is 3.34. The molecule has 15 heavy (non-hydrogen) atoms. The van der Waals surface area contributed by atoms with E-state index < -0.39 is 6.10 Å². The van der Waals surface area contributed by atoms with Crippen molar-refractivity contribution in [1.82, 2.24) is 0 Å². The van der Waals surface area contributed by atoms with Gasteiger partial charge in [-0.1, -0.05) is 18.2 Å². The Balaban J connectivity index is 2.02. The van der Waals surface area contributed by atoms with Crippen LogP contribution in [0.2, 0.25) is 0 Å². The molecule has 0 saturated carbocycles. The number of hydrogen-bond acceptors (Lipinski definition) is 4. The fourth-order valence-corrected chi connectivity index (χ4v) is 1.57. The van der Waals surface area contributed by atoms with Crippen molar-refractivity contribution in [1.29, 1.82) is 0 Å². The molecule has 0 amide bonds. The lowest BCUT2D eigenvalue weighted by Gasteiger charge is -2.17. The van der Waals surface area contributed by atoms with Gasteiger partial charge in [0.05, 0.1) is 12.8 Å². The highest BCUT2D eigenvalue weighted by Gasteiger charge is 2.30. The summed E-state index contributed by atoms with van der Waals surface area (Å²) in [5.74, 6) is -0.312. The van der Waals surface area contributed by atoms with E-state index in [2.05, 4.69) is 4.74 Å². The quantitative estimate of drug-likeness (QED) is 0.686. The Bertz CT molecular complexity index is 339. The van der Waals surface area contributed by atoms with Crippen LogP contribution in [0, 0.1) is 0 Å². The average Bonchev–Trinajstić information content (AvgIpc) is 2.78. The molecule has 1 aliphatic rings. The van der Waals surface area contributed by atoms with E-state index in [0.717, 1.165) is 5.69 Å². The third kappa shape index (κ3) is 2.10. The number of esters is 1. The van der Waals surface area contributed by atoms with Crippen LogP contribution in [0.15, 0.2) is 30.3 Å². The second-order valence-electron chi connectivity index (χ2n) is 3.34. The number of carbonyl (C=O) groups excluding carboxylic acids is 1. The highest BCUT2D eigenvalue weighted by atomic mass is 16.7. The number of anilines is 1. The zero-order valence-corrected chi connectivity index (χ0v) is 8.55. The van der Waals surface area contributed by atoms with Crippen molar-refractivity contribution in [3.63, 3.8) is 0 Å². The van der Waals surface area contributed by atoms with Gasteiger partial charge in [-0.2, -0.15) is 0 Å². The molecule has 1 aromatic rings. The maximum Gasteiger partial charge on any atom is 0.337 e. The van der Waals surface area contributed by atoms with Gasteiger partial charge in [0, 0.05) is 13.0 Å². The SMILES string of the molecule is COC(=O)C1CCN(c2ccccc2)O1. The van der Waals surface area contributed by atoms with Crippen LogP contribution in [-0.4, -0.2) is 25.7 Å². The lowest BCUT2D eigenvalue weighted by molar-refractivity contribution is -0.151. The summed E-state index contributed by atoms with van der Waals surface area (Å²) in [4.78, 5) is 16.7. The molecule has 1 fully saturated rings. The summed E-state index contributed by atoms with van der Waals surface area (Å²) in [6.07, 6.45) is 0.205. The smallest absolute Gasteiger partial charge is 0.337 e. The van der Waals surface area contributed by atoms with Crippen molar-refractivity contribution in [2.45, 2.75) is 12.5 Å². The molecule has 1 aliphatic heterocycles. The minimum Gasteiger partial charge on any atom is -0.467 e. The van der Waals surface area contributed by atoms with Gasteiger partial charge in [-0.3, -0.25) is 9.90 Å². The van der Waals surface area contributed by atoms with Gasteiger partial charge in [0.15, 0.2) is 6.10 Å². The molecule has 0 spiro atoms. The number of benzene rings is 1. The standard InChI is InChI=1S/C11H13NO3/c1-14-11(13)10-7-8-12(15-10)9-5-3-2-4-6-9/h2-6,10H,7-8H2,1H3. The van der Waals surface area contributed by atoms with Crippen molar-refractivity contribution >= 4 is 11.7 Å². The predicted molar refractivity (Wildman–Crippen MR) is 55.3 cm³/mol. The highest BCUT2D eigenvalue weighted by Crippen LogP contribution is 2.22. The van der Waals surface area contributed by atoms with Crippen molar-refractivity contribution in [3.05, 3.63) is 30.3 Å². The minimum absolute atomic E-state index is 0.312. The number of para-hydroxylation sites is 1. The van der Waals surface area contributed by atoms with Gasteiger partial charge in [0.2, 0.25) is 0 Å². The second kappa shape index (κ2) is 4.31. The van der Waals surface area contributed by atoms with Gasteiger partial charge < -0.3 is 4.74 Å². The topological polar surface area (TPSA) is 38.8 Å². The fraction of sp³-hybridized carbons (Fsp3) is 0.364. The normalized spacial score (nSPS) is 20.3. The van der Waals surface area contributed by atoms with Crippen LogP contribution in [0.4, 0.5) is 5.69 Å². The van der Waals surface area contributed by atoms with Crippen LogP contribution in [0.25, 0.3) is 0 Å². The third-order valence-corrected chi connectivity index (χ3v) is 2.36. The molecule has 1 heterocycles. The molecular weight excluding hydrogens is 194 g/mol. The molecule has 1 unspecified atom stereocenters. The van der Waals surface area contributed by atoms with Gasteiger partial charge in [-0.15, -0.1) is 0 Å². The minimum atomic E-state index is -0.463. The zero-order valence-electron chi connectivity index (χ0n) is 8.55. The van der Waals surface area contributed by atoms with E-state index in [1.807, 2.05) is 30.3 Å². The van der Waals surface area contributed by atoms with Crippen molar-refractivity contribution in [3.8, 4) is 0 Å². The molecule has 0 bridgehead atoms. The predicted octanol–water partition coefficient (Wildman–Crippen LogP) is 1.37. The monoisotopic (exact) mass is 207 g/mol. The van der Waals surface area contributed by atoms with Crippen LogP contribution in [0.1, 0.15) is 6.42 Å². The largest absolute Gasteiger partial charge is 0.467 e. The summed E-state index contributed by atoms with van der Waals surface area (Å²) >= 11 is 0. The molecule has 0 aliphatic carbocycles. The Morgan fingerprint density at radius 1 is 1.47 bits per heavy atom. The van der Waals surface area contributed by atoms with E-state index in [1.54, 1.807) is 5.06 Å². The average molecular weight is 207 g/mol. The molecule has 1 saturated heterocycles. The summed E-state index contributed by atoms with van der Waals surface area (Å²) in [6.45, 7) is 0.712.